The number of rotatable bonds is 8. The lowest BCUT2D eigenvalue weighted by Crippen LogP contribution is -2.18. The zero-order valence-electron chi connectivity index (χ0n) is 17.4. The minimum absolute atomic E-state index is 0.00304. The highest BCUT2D eigenvalue weighted by molar-refractivity contribution is 7.93. The summed E-state index contributed by atoms with van der Waals surface area (Å²) in [6.07, 6.45) is 1.49. The molecule has 3 aromatic carbocycles. The summed E-state index contributed by atoms with van der Waals surface area (Å²) in [7, 11) is -7.72. The molecule has 0 aliphatic heterocycles. The van der Waals surface area contributed by atoms with Crippen LogP contribution in [0.15, 0.2) is 100 Å². The lowest BCUT2D eigenvalue weighted by Gasteiger charge is -2.13. The summed E-state index contributed by atoms with van der Waals surface area (Å²) in [4.78, 5) is 16.8. The highest BCUT2D eigenvalue weighted by Gasteiger charge is 2.19. The SMILES string of the molecule is O=C(Nc1ccc(S(=O)(=O)Nc2nccs2)cc1)c1ccccc1NS(=O)(=O)c1ccccc1. The second-order valence-electron chi connectivity index (χ2n) is 6.89. The molecular weight excluding hydrogens is 496 g/mol. The Morgan fingerprint density at radius 1 is 0.735 bits per heavy atom. The number of nitrogens with zero attached hydrogens (tertiary/aromatic N) is 1. The first-order valence-electron chi connectivity index (χ1n) is 9.75. The molecule has 34 heavy (non-hydrogen) atoms. The Hall–Kier alpha value is -3.74. The average Bonchev–Trinajstić information content (AvgIpc) is 3.32. The summed E-state index contributed by atoms with van der Waals surface area (Å²) >= 11 is 1.15. The number of anilines is 3. The first-order valence-corrected chi connectivity index (χ1v) is 13.6. The van der Waals surface area contributed by atoms with E-state index in [1.807, 2.05) is 0 Å². The first kappa shape index (κ1) is 23.4. The summed E-state index contributed by atoms with van der Waals surface area (Å²) < 4.78 is 55.1. The van der Waals surface area contributed by atoms with Crippen LogP contribution in [0.2, 0.25) is 0 Å². The molecule has 1 heterocycles. The number of carbonyl (C=O) groups is 1. The summed E-state index contributed by atoms with van der Waals surface area (Å²) in [5.41, 5.74) is 0.541. The lowest BCUT2D eigenvalue weighted by atomic mass is 10.1. The van der Waals surface area contributed by atoms with Gasteiger partial charge in [0.15, 0.2) is 5.13 Å². The minimum Gasteiger partial charge on any atom is -0.322 e. The van der Waals surface area contributed by atoms with Crippen molar-refractivity contribution in [2.24, 2.45) is 0 Å². The molecule has 0 bridgehead atoms. The Kier molecular flexibility index (Phi) is 6.63. The molecule has 0 aliphatic rings. The molecule has 174 valence electrons. The largest absolute Gasteiger partial charge is 0.322 e. The van der Waals surface area contributed by atoms with Gasteiger partial charge in [-0.3, -0.25) is 14.2 Å². The fourth-order valence-electron chi connectivity index (χ4n) is 2.94. The number of hydrogen-bond donors (Lipinski definition) is 3. The van der Waals surface area contributed by atoms with Gasteiger partial charge in [-0.25, -0.2) is 21.8 Å². The van der Waals surface area contributed by atoms with Gasteiger partial charge < -0.3 is 5.32 Å². The monoisotopic (exact) mass is 514 g/mol. The summed E-state index contributed by atoms with van der Waals surface area (Å²) in [5.74, 6) is -0.567. The molecular formula is C22H18N4O5S3. The number of amides is 1. The van der Waals surface area contributed by atoms with Crippen molar-refractivity contribution in [1.82, 2.24) is 4.98 Å². The van der Waals surface area contributed by atoms with E-state index in [1.165, 1.54) is 54.7 Å². The predicted octanol–water partition coefficient (Wildman–Crippen LogP) is 4.00. The van der Waals surface area contributed by atoms with Crippen molar-refractivity contribution in [1.29, 1.82) is 0 Å². The van der Waals surface area contributed by atoms with Crippen molar-refractivity contribution in [3.05, 3.63) is 96.0 Å². The number of benzene rings is 3. The number of aromatic nitrogens is 1. The molecule has 0 fully saturated rings. The van der Waals surface area contributed by atoms with E-state index in [9.17, 15) is 21.6 Å². The zero-order valence-corrected chi connectivity index (χ0v) is 19.8. The standard InChI is InChI=1S/C22H18N4O5S3/c27-21(19-8-4-5-9-20(19)25-33(28,29)17-6-2-1-3-7-17)24-16-10-12-18(13-11-16)34(30,31)26-22-23-14-15-32-22/h1-15,25H,(H,23,26)(H,24,27). The second-order valence-corrected chi connectivity index (χ2v) is 11.1. The Labute approximate surface area is 200 Å². The molecule has 0 saturated heterocycles. The Morgan fingerprint density at radius 2 is 1.35 bits per heavy atom. The number of sulfonamides is 2. The van der Waals surface area contributed by atoms with E-state index in [0.29, 0.717) is 5.69 Å². The van der Waals surface area contributed by atoms with E-state index >= 15 is 0 Å². The van der Waals surface area contributed by atoms with Crippen molar-refractivity contribution in [2.45, 2.75) is 9.79 Å². The maximum atomic E-state index is 12.9. The fraction of sp³-hybridized carbons (Fsp3) is 0. The molecule has 12 heteroatoms. The van der Waals surface area contributed by atoms with Crippen LogP contribution in [0.1, 0.15) is 10.4 Å². The Bertz CT molecular complexity index is 1500. The molecule has 4 aromatic rings. The first-order chi connectivity index (χ1) is 16.2. The Morgan fingerprint density at radius 3 is 2.03 bits per heavy atom. The van der Waals surface area contributed by atoms with Crippen molar-refractivity contribution in [3.63, 3.8) is 0 Å². The third-order valence-corrected chi connectivity index (χ3v) is 8.10. The molecule has 0 unspecified atom stereocenters. The van der Waals surface area contributed by atoms with E-state index in [1.54, 1.807) is 35.7 Å². The van der Waals surface area contributed by atoms with Gasteiger partial charge in [0.2, 0.25) is 0 Å². The topological polar surface area (TPSA) is 134 Å². The molecule has 3 N–H and O–H groups in total. The molecule has 0 atom stereocenters. The number of hydrogen-bond acceptors (Lipinski definition) is 7. The van der Waals surface area contributed by atoms with Crippen LogP contribution in [0.25, 0.3) is 0 Å². The van der Waals surface area contributed by atoms with Gasteiger partial charge in [-0.1, -0.05) is 30.3 Å². The number of para-hydroxylation sites is 1. The molecule has 0 spiro atoms. The lowest BCUT2D eigenvalue weighted by molar-refractivity contribution is 0.102. The van der Waals surface area contributed by atoms with Crippen molar-refractivity contribution >= 4 is 53.8 Å². The number of thiazole rings is 1. The van der Waals surface area contributed by atoms with Gasteiger partial charge in [0.25, 0.3) is 26.0 Å². The highest BCUT2D eigenvalue weighted by atomic mass is 32.2. The van der Waals surface area contributed by atoms with Gasteiger partial charge in [-0.2, -0.15) is 0 Å². The maximum Gasteiger partial charge on any atom is 0.263 e. The van der Waals surface area contributed by atoms with Gasteiger partial charge in [0.1, 0.15) is 0 Å². The summed E-state index contributed by atoms with van der Waals surface area (Å²) in [5, 5.41) is 4.54. The van der Waals surface area contributed by atoms with Crippen LogP contribution < -0.4 is 14.8 Å². The van der Waals surface area contributed by atoms with Crippen LogP contribution >= 0.6 is 11.3 Å². The van der Waals surface area contributed by atoms with Crippen LogP contribution in [-0.2, 0) is 20.0 Å². The molecule has 4 rings (SSSR count). The third-order valence-electron chi connectivity index (χ3n) is 4.55. The van der Waals surface area contributed by atoms with Crippen molar-refractivity contribution in [2.75, 3.05) is 14.8 Å². The fourth-order valence-corrected chi connectivity index (χ4v) is 5.83. The van der Waals surface area contributed by atoms with Crippen LogP contribution in [0.5, 0.6) is 0 Å². The average molecular weight is 515 g/mol. The smallest absolute Gasteiger partial charge is 0.263 e. The molecule has 1 amide bonds. The van der Waals surface area contributed by atoms with Crippen LogP contribution in [0, 0.1) is 0 Å². The van der Waals surface area contributed by atoms with Gasteiger partial charge >= 0.3 is 0 Å². The molecule has 0 aliphatic carbocycles. The van der Waals surface area contributed by atoms with Crippen LogP contribution in [-0.4, -0.2) is 27.7 Å². The summed E-state index contributed by atoms with van der Waals surface area (Å²) in [6.45, 7) is 0. The van der Waals surface area contributed by atoms with Gasteiger partial charge in [0.05, 0.1) is 21.0 Å². The number of carbonyl (C=O) groups excluding carboxylic acids is 1. The van der Waals surface area contributed by atoms with E-state index < -0.39 is 26.0 Å². The van der Waals surface area contributed by atoms with E-state index in [-0.39, 0.29) is 26.2 Å². The maximum absolute atomic E-state index is 12.9. The Balaban J connectivity index is 1.50. The van der Waals surface area contributed by atoms with Gasteiger partial charge in [-0.05, 0) is 48.5 Å². The van der Waals surface area contributed by atoms with Gasteiger partial charge in [0, 0.05) is 17.3 Å². The molecule has 0 radical (unpaired) electrons. The minimum atomic E-state index is -3.89. The predicted molar refractivity (Wildman–Crippen MR) is 131 cm³/mol. The van der Waals surface area contributed by atoms with Gasteiger partial charge in [-0.15, -0.1) is 11.3 Å². The quantitative estimate of drug-likeness (QED) is 0.325. The second kappa shape index (κ2) is 9.63. The van der Waals surface area contributed by atoms with Crippen molar-refractivity contribution < 1.29 is 21.6 Å². The summed E-state index contributed by atoms with van der Waals surface area (Å²) in [6, 6.07) is 19.5. The molecule has 1 aromatic heterocycles. The number of nitrogens with one attached hydrogen (secondary N) is 3. The van der Waals surface area contributed by atoms with Crippen molar-refractivity contribution in [3.8, 4) is 0 Å². The zero-order chi connectivity index (χ0) is 24.2. The van der Waals surface area contributed by atoms with E-state index in [2.05, 4.69) is 19.7 Å². The molecule has 9 nitrogen and oxygen atoms in total. The van der Waals surface area contributed by atoms with Crippen LogP contribution in [0.3, 0.4) is 0 Å². The molecule has 0 saturated carbocycles. The van der Waals surface area contributed by atoms with Crippen LogP contribution in [0.4, 0.5) is 16.5 Å². The highest BCUT2D eigenvalue weighted by Crippen LogP contribution is 2.23. The van der Waals surface area contributed by atoms with E-state index in [4.69, 9.17) is 0 Å². The normalized spacial score (nSPS) is 11.5. The van der Waals surface area contributed by atoms with E-state index in [0.717, 1.165) is 11.3 Å². The third kappa shape index (κ3) is 5.42.